The first-order valence-electron chi connectivity index (χ1n) is 7.75. The van der Waals surface area contributed by atoms with Gasteiger partial charge in [0.1, 0.15) is 12.1 Å². The molecule has 0 radical (unpaired) electrons. The van der Waals surface area contributed by atoms with Crippen molar-refractivity contribution in [2.75, 3.05) is 11.9 Å². The molecule has 2 rings (SSSR count). The number of ether oxygens (including phenoxy) is 1. The Hall–Kier alpha value is -1.96. The molecular weight excluding hydrogens is 330 g/mol. The van der Waals surface area contributed by atoms with Crippen LogP contribution in [0.25, 0.3) is 0 Å². The Kier molecular flexibility index (Phi) is 4.98. The summed E-state index contributed by atoms with van der Waals surface area (Å²) >= 11 is 1.18. The van der Waals surface area contributed by atoms with Crippen LogP contribution in [0, 0.1) is 5.41 Å². The number of carbonyl (C=O) groups excluding carboxylic acids is 3. The molecule has 0 aromatic carbocycles. The summed E-state index contributed by atoms with van der Waals surface area (Å²) in [6.45, 7) is 9.05. The predicted molar refractivity (Wildman–Crippen MR) is 91.4 cm³/mol. The summed E-state index contributed by atoms with van der Waals surface area (Å²) in [5.74, 6) is -0.357. The van der Waals surface area contributed by atoms with E-state index >= 15 is 0 Å². The Morgan fingerprint density at radius 2 is 1.96 bits per heavy atom. The molecule has 0 aliphatic heterocycles. The molecule has 1 aromatic rings. The first-order valence-corrected chi connectivity index (χ1v) is 8.56. The number of anilines is 1. The molecular formula is C16H23N3O4S. The van der Waals surface area contributed by atoms with E-state index in [0.29, 0.717) is 22.9 Å². The highest BCUT2D eigenvalue weighted by Crippen LogP contribution is 2.38. The van der Waals surface area contributed by atoms with Gasteiger partial charge in [-0.15, -0.1) is 0 Å². The zero-order valence-corrected chi connectivity index (χ0v) is 15.4. The summed E-state index contributed by atoms with van der Waals surface area (Å²) in [6.07, 6.45) is 0.528. The van der Waals surface area contributed by atoms with Crippen molar-refractivity contribution in [2.24, 2.45) is 5.41 Å². The van der Waals surface area contributed by atoms with Gasteiger partial charge in [-0.25, -0.2) is 9.78 Å². The van der Waals surface area contributed by atoms with E-state index < -0.39 is 17.6 Å². The molecule has 0 bridgehead atoms. The number of alkyl carbamates (subject to hydrolysis) is 1. The van der Waals surface area contributed by atoms with Gasteiger partial charge in [0.25, 0.3) is 0 Å². The summed E-state index contributed by atoms with van der Waals surface area (Å²) in [5.41, 5.74) is -0.00331. The van der Waals surface area contributed by atoms with Crippen molar-refractivity contribution in [1.82, 2.24) is 10.3 Å². The number of aromatic nitrogens is 1. The number of amides is 2. The summed E-state index contributed by atoms with van der Waals surface area (Å²) in [4.78, 5) is 40.5. The smallest absolute Gasteiger partial charge is 0.408 e. The Morgan fingerprint density at radius 1 is 1.29 bits per heavy atom. The number of nitrogens with one attached hydrogen (secondary N) is 2. The fraction of sp³-hybridized carbons (Fsp3) is 0.625. The number of hydrogen-bond donors (Lipinski definition) is 2. The number of thiazole rings is 1. The van der Waals surface area contributed by atoms with Crippen molar-refractivity contribution in [3.8, 4) is 0 Å². The molecule has 2 N–H and O–H groups in total. The highest BCUT2D eigenvalue weighted by Gasteiger charge is 2.34. The maximum Gasteiger partial charge on any atom is 0.408 e. The molecule has 132 valence electrons. The lowest BCUT2D eigenvalue weighted by atomic mass is 9.78. The van der Waals surface area contributed by atoms with Gasteiger partial charge in [-0.05, 0) is 32.6 Å². The summed E-state index contributed by atoms with van der Waals surface area (Å²) in [7, 11) is 0. The van der Waals surface area contributed by atoms with Gasteiger partial charge < -0.3 is 15.4 Å². The van der Waals surface area contributed by atoms with Crippen molar-refractivity contribution < 1.29 is 19.1 Å². The molecule has 0 spiro atoms. The quantitative estimate of drug-likeness (QED) is 0.871. The van der Waals surface area contributed by atoms with E-state index in [9.17, 15) is 14.4 Å². The molecule has 8 heteroatoms. The van der Waals surface area contributed by atoms with E-state index in [1.165, 1.54) is 11.3 Å². The lowest BCUT2D eigenvalue weighted by molar-refractivity contribution is -0.115. The number of Topliss-reactive ketones (excluding diaryl/α,β-unsaturated/α-hetero) is 1. The number of fused-ring (bicyclic) bond motifs is 1. The highest BCUT2D eigenvalue weighted by atomic mass is 32.1. The van der Waals surface area contributed by atoms with Gasteiger partial charge in [-0.3, -0.25) is 9.59 Å². The van der Waals surface area contributed by atoms with Crippen molar-refractivity contribution in [2.45, 2.75) is 53.1 Å². The van der Waals surface area contributed by atoms with Crippen molar-refractivity contribution >= 4 is 34.3 Å². The normalized spacial score (nSPS) is 16.3. The number of hydrogen-bond acceptors (Lipinski definition) is 6. The second kappa shape index (κ2) is 6.51. The molecule has 1 aliphatic rings. The lowest BCUT2D eigenvalue weighted by Crippen LogP contribution is -2.37. The number of rotatable bonds is 3. The van der Waals surface area contributed by atoms with Crippen LogP contribution in [-0.2, 0) is 16.0 Å². The second-order valence-corrected chi connectivity index (χ2v) is 8.64. The van der Waals surface area contributed by atoms with Crippen molar-refractivity contribution in [3.63, 3.8) is 0 Å². The number of carbonyl (C=O) groups is 3. The van der Waals surface area contributed by atoms with Crippen LogP contribution in [0.15, 0.2) is 0 Å². The average molecular weight is 353 g/mol. The number of ketones is 1. The third kappa shape index (κ3) is 5.02. The van der Waals surface area contributed by atoms with E-state index in [4.69, 9.17) is 4.74 Å². The van der Waals surface area contributed by atoms with Crippen LogP contribution >= 0.6 is 11.3 Å². The van der Waals surface area contributed by atoms with Crippen LogP contribution in [0.4, 0.5) is 9.93 Å². The van der Waals surface area contributed by atoms with Crippen LogP contribution in [0.1, 0.15) is 56.4 Å². The maximum absolute atomic E-state index is 12.1. The van der Waals surface area contributed by atoms with Crippen LogP contribution in [-0.4, -0.2) is 34.9 Å². The Balaban J connectivity index is 1.92. The van der Waals surface area contributed by atoms with Gasteiger partial charge in [-0.2, -0.15) is 0 Å². The van der Waals surface area contributed by atoms with E-state index in [2.05, 4.69) is 15.6 Å². The van der Waals surface area contributed by atoms with Crippen LogP contribution < -0.4 is 10.6 Å². The predicted octanol–water partition coefficient (Wildman–Crippen LogP) is 2.76. The minimum atomic E-state index is -0.659. The van der Waals surface area contributed by atoms with E-state index in [1.807, 2.05) is 13.8 Å². The zero-order chi connectivity index (χ0) is 18.1. The zero-order valence-electron chi connectivity index (χ0n) is 14.6. The maximum atomic E-state index is 12.1. The molecule has 1 aromatic heterocycles. The molecule has 1 heterocycles. The van der Waals surface area contributed by atoms with Gasteiger partial charge in [0.05, 0.1) is 10.6 Å². The first-order chi connectivity index (χ1) is 11.0. The fourth-order valence-electron chi connectivity index (χ4n) is 2.40. The topological polar surface area (TPSA) is 97.4 Å². The van der Waals surface area contributed by atoms with Crippen LogP contribution in [0.3, 0.4) is 0 Å². The standard InChI is InChI=1S/C16H23N3O4S/c1-15(2,3)23-14(22)17-8-11(21)19-13-18-9-6-16(4,5)7-10(20)12(9)24-13/h6-8H2,1-5H3,(H,17,22)(H,18,19,21). The Bertz CT molecular complexity index is 673. The van der Waals surface area contributed by atoms with Crippen LogP contribution in [0.2, 0.25) is 0 Å². The SMILES string of the molecule is CC1(C)CC(=O)c2sc(NC(=O)CNC(=O)OC(C)(C)C)nc2C1. The largest absolute Gasteiger partial charge is 0.444 e. The average Bonchev–Trinajstić information content (AvgIpc) is 2.75. The van der Waals surface area contributed by atoms with Gasteiger partial charge in [0, 0.05) is 6.42 Å². The molecule has 0 unspecified atom stereocenters. The first kappa shape index (κ1) is 18.4. The van der Waals surface area contributed by atoms with E-state index in [0.717, 1.165) is 5.69 Å². The minimum Gasteiger partial charge on any atom is -0.444 e. The van der Waals surface area contributed by atoms with Gasteiger partial charge >= 0.3 is 6.09 Å². The molecule has 0 atom stereocenters. The highest BCUT2D eigenvalue weighted by molar-refractivity contribution is 7.17. The molecule has 24 heavy (non-hydrogen) atoms. The summed E-state index contributed by atoms with van der Waals surface area (Å²) in [6, 6.07) is 0. The van der Waals surface area contributed by atoms with Gasteiger partial charge in [0.2, 0.25) is 5.91 Å². The molecule has 7 nitrogen and oxygen atoms in total. The molecule has 0 fully saturated rings. The van der Waals surface area contributed by atoms with Crippen molar-refractivity contribution in [1.29, 1.82) is 0 Å². The molecule has 0 saturated carbocycles. The summed E-state index contributed by atoms with van der Waals surface area (Å²) < 4.78 is 5.05. The Labute approximate surface area is 145 Å². The van der Waals surface area contributed by atoms with Crippen molar-refractivity contribution in [3.05, 3.63) is 10.6 Å². The third-order valence-electron chi connectivity index (χ3n) is 3.27. The van der Waals surface area contributed by atoms with E-state index in [-0.39, 0.29) is 17.7 Å². The van der Waals surface area contributed by atoms with Gasteiger partial charge in [-0.1, -0.05) is 25.2 Å². The molecule has 1 aliphatic carbocycles. The number of nitrogens with zero attached hydrogens (tertiary/aromatic N) is 1. The summed E-state index contributed by atoms with van der Waals surface area (Å²) in [5, 5.41) is 5.37. The second-order valence-electron chi connectivity index (χ2n) is 7.64. The van der Waals surface area contributed by atoms with E-state index in [1.54, 1.807) is 20.8 Å². The Morgan fingerprint density at radius 3 is 2.58 bits per heavy atom. The third-order valence-corrected chi connectivity index (χ3v) is 4.33. The van der Waals surface area contributed by atoms with Gasteiger partial charge in [0.15, 0.2) is 10.9 Å². The minimum absolute atomic E-state index is 0.0612. The van der Waals surface area contributed by atoms with Crippen LogP contribution in [0.5, 0.6) is 0 Å². The fourth-order valence-corrected chi connectivity index (χ4v) is 3.34. The monoisotopic (exact) mass is 353 g/mol. The lowest BCUT2D eigenvalue weighted by Gasteiger charge is -2.26. The molecule has 0 saturated heterocycles. The molecule has 2 amide bonds.